The number of carbonyl (C=O) groups excluding carboxylic acids is 3. The number of benzene rings is 1. The Bertz CT molecular complexity index is 877. The summed E-state index contributed by atoms with van der Waals surface area (Å²) in [6.45, 7) is 0.720. The molecule has 2 aromatic rings. The summed E-state index contributed by atoms with van der Waals surface area (Å²) in [6.07, 6.45) is 2.21. The van der Waals surface area contributed by atoms with E-state index in [1.54, 1.807) is 29.5 Å². The third-order valence-corrected chi connectivity index (χ3v) is 5.95. The van der Waals surface area contributed by atoms with Crippen LogP contribution in [0.5, 0.6) is 0 Å². The van der Waals surface area contributed by atoms with Crippen LogP contribution >= 0.6 is 27.3 Å². The lowest BCUT2D eigenvalue weighted by Crippen LogP contribution is -2.37. The zero-order valence-corrected chi connectivity index (χ0v) is 16.4. The molecule has 2 aliphatic rings. The maximum Gasteiger partial charge on any atom is 0.261 e. The lowest BCUT2D eigenvalue weighted by molar-refractivity contribution is -0.132. The Morgan fingerprint density at radius 2 is 1.96 bits per heavy atom. The van der Waals surface area contributed by atoms with Crippen LogP contribution in [0.4, 0.5) is 0 Å². The molecule has 0 N–H and O–H groups in total. The van der Waals surface area contributed by atoms with Crippen LogP contribution in [0.25, 0.3) is 0 Å². The van der Waals surface area contributed by atoms with Crippen molar-refractivity contribution in [3.63, 3.8) is 0 Å². The molecule has 1 aromatic heterocycles. The van der Waals surface area contributed by atoms with Crippen molar-refractivity contribution in [3.05, 3.63) is 56.2 Å². The minimum atomic E-state index is -0.324. The molecule has 1 fully saturated rings. The van der Waals surface area contributed by atoms with E-state index in [1.165, 1.54) is 4.90 Å². The lowest BCUT2D eigenvalue weighted by Gasteiger charge is -2.23. The van der Waals surface area contributed by atoms with Crippen LogP contribution in [0.1, 0.15) is 45.5 Å². The molecule has 0 bridgehead atoms. The van der Waals surface area contributed by atoms with Gasteiger partial charge in [-0.05, 0) is 53.4 Å². The van der Waals surface area contributed by atoms with Gasteiger partial charge in [-0.1, -0.05) is 15.9 Å². The van der Waals surface area contributed by atoms with Crippen LogP contribution in [0.3, 0.4) is 0 Å². The molecule has 0 atom stereocenters. The van der Waals surface area contributed by atoms with Gasteiger partial charge in [0.15, 0.2) is 0 Å². The van der Waals surface area contributed by atoms with E-state index in [-0.39, 0.29) is 30.7 Å². The zero-order valence-electron chi connectivity index (χ0n) is 14.0. The van der Waals surface area contributed by atoms with Crippen molar-refractivity contribution in [1.29, 1.82) is 0 Å². The summed E-state index contributed by atoms with van der Waals surface area (Å²) in [5.41, 5.74) is 1.93. The summed E-state index contributed by atoms with van der Waals surface area (Å²) >= 11 is 4.94. The Labute approximate surface area is 163 Å². The maximum absolute atomic E-state index is 12.7. The van der Waals surface area contributed by atoms with Crippen LogP contribution in [0.15, 0.2) is 39.5 Å². The van der Waals surface area contributed by atoms with E-state index in [1.807, 2.05) is 21.7 Å². The van der Waals surface area contributed by atoms with Crippen molar-refractivity contribution < 1.29 is 14.4 Å². The van der Waals surface area contributed by atoms with Gasteiger partial charge < -0.3 is 4.90 Å². The van der Waals surface area contributed by atoms with E-state index in [9.17, 15) is 14.4 Å². The van der Waals surface area contributed by atoms with E-state index >= 15 is 0 Å². The van der Waals surface area contributed by atoms with Gasteiger partial charge >= 0.3 is 0 Å². The maximum atomic E-state index is 12.7. The minimum Gasteiger partial charge on any atom is -0.335 e. The molecule has 134 valence electrons. The van der Waals surface area contributed by atoms with Crippen molar-refractivity contribution in [2.45, 2.75) is 31.8 Å². The van der Waals surface area contributed by atoms with Crippen molar-refractivity contribution in [2.24, 2.45) is 0 Å². The van der Waals surface area contributed by atoms with Crippen LogP contribution in [-0.4, -0.2) is 40.1 Å². The summed E-state index contributed by atoms with van der Waals surface area (Å²) in [5, 5.41) is 4.05. The van der Waals surface area contributed by atoms with Gasteiger partial charge in [0.2, 0.25) is 5.91 Å². The fourth-order valence-electron chi connectivity index (χ4n) is 3.20. The molecule has 2 heterocycles. The SMILES string of the molecule is O=C1c2ccc(Br)cc2C(=O)N1CCC(=O)N(Cc1ccsc1)C1CC1. The van der Waals surface area contributed by atoms with Gasteiger partial charge in [0.25, 0.3) is 11.8 Å². The van der Waals surface area contributed by atoms with Crippen molar-refractivity contribution >= 4 is 45.0 Å². The average molecular weight is 433 g/mol. The molecule has 1 aliphatic carbocycles. The summed E-state index contributed by atoms with van der Waals surface area (Å²) < 4.78 is 0.756. The molecule has 1 saturated carbocycles. The molecule has 0 saturated heterocycles. The zero-order chi connectivity index (χ0) is 18.3. The first-order valence-electron chi connectivity index (χ1n) is 8.51. The number of halogens is 1. The lowest BCUT2D eigenvalue weighted by atomic mass is 10.1. The van der Waals surface area contributed by atoms with Gasteiger partial charge in [-0.15, -0.1) is 0 Å². The molecule has 1 aromatic carbocycles. The number of nitrogens with zero attached hydrogens (tertiary/aromatic N) is 2. The summed E-state index contributed by atoms with van der Waals surface area (Å²) in [5.74, 6) is -0.646. The molecule has 1 aliphatic heterocycles. The first kappa shape index (κ1) is 17.4. The quantitative estimate of drug-likeness (QED) is 0.653. The number of carbonyl (C=O) groups is 3. The number of imide groups is 1. The number of rotatable bonds is 6. The highest BCUT2D eigenvalue weighted by Gasteiger charge is 2.37. The number of amides is 3. The Morgan fingerprint density at radius 1 is 1.19 bits per heavy atom. The average Bonchev–Trinajstić information content (AvgIpc) is 3.28. The van der Waals surface area contributed by atoms with Gasteiger partial charge in [0.05, 0.1) is 11.1 Å². The highest BCUT2D eigenvalue weighted by atomic mass is 79.9. The van der Waals surface area contributed by atoms with Crippen molar-refractivity contribution in [3.8, 4) is 0 Å². The minimum absolute atomic E-state index is 0.00330. The van der Waals surface area contributed by atoms with E-state index in [0.29, 0.717) is 23.7 Å². The number of hydrogen-bond acceptors (Lipinski definition) is 4. The summed E-state index contributed by atoms with van der Waals surface area (Å²) in [7, 11) is 0. The van der Waals surface area contributed by atoms with Crippen molar-refractivity contribution in [2.75, 3.05) is 6.54 Å². The van der Waals surface area contributed by atoms with Gasteiger partial charge in [0, 0.05) is 30.0 Å². The second-order valence-corrected chi connectivity index (χ2v) is 8.28. The van der Waals surface area contributed by atoms with Gasteiger partial charge in [0.1, 0.15) is 0 Å². The number of fused-ring (bicyclic) bond motifs is 1. The van der Waals surface area contributed by atoms with Gasteiger partial charge in [-0.25, -0.2) is 0 Å². The Hall–Kier alpha value is -1.99. The molecule has 4 rings (SSSR count). The molecule has 5 nitrogen and oxygen atoms in total. The highest BCUT2D eigenvalue weighted by Crippen LogP contribution is 2.30. The Morgan fingerprint density at radius 3 is 2.65 bits per heavy atom. The largest absolute Gasteiger partial charge is 0.335 e. The standard InChI is InChI=1S/C19H17BrN2O3S/c20-13-1-4-15-16(9-13)19(25)21(18(15)24)7-5-17(23)22(14-2-3-14)10-12-6-8-26-11-12/h1,4,6,8-9,11,14H,2-3,5,7,10H2. The second kappa shape index (κ2) is 6.96. The van der Waals surface area contributed by atoms with Crippen molar-refractivity contribution in [1.82, 2.24) is 9.80 Å². The predicted octanol–water partition coefficient (Wildman–Crippen LogP) is 3.69. The molecule has 0 spiro atoms. The van der Waals surface area contributed by atoms with Gasteiger partial charge in [-0.2, -0.15) is 11.3 Å². The molecule has 0 radical (unpaired) electrons. The Kier molecular flexibility index (Phi) is 4.67. The first-order chi connectivity index (χ1) is 12.5. The fraction of sp³-hybridized carbons (Fsp3) is 0.316. The third kappa shape index (κ3) is 3.33. The molecule has 7 heteroatoms. The van der Waals surface area contributed by atoms with Crippen LogP contribution < -0.4 is 0 Å². The van der Waals surface area contributed by atoms with Gasteiger partial charge in [-0.3, -0.25) is 19.3 Å². The van der Waals surface area contributed by atoms with E-state index in [0.717, 1.165) is 22.9 Å². The third-order valence-electron chi connectivity index (χ3n) is 4.72. The predicted molar refractivity (Wildman–Crippen MR) is 102 cm³/mol. The Balaban J connectivity index is 1.42. The molecule has 3 amide bonds. The second-order valence-electron chi connectivity index (χ2n) is 6.59. The topological polar surface area (TPSA) is 57.7 Å². The van der Waals surface area contributed by atoms with E-state index < -0.39 is 0 Å². The van der Waals surface area contributed by atoms with Crippen LogP contribution in [0.2, 0.25) is 0 Å². The number of thiophene rings is 1. The van der Waals surface area contributed by atoms with E-state index in [2.05, 4.69) is 15.9 Å². The molecular formula is C19H17BrN2O3S. The van der Waals surface area contributed by atoms with E-state index in [4.69, 9.17) is 0 Å². The number of hydrogen-bond donors (Lipinski definition) is 0. The molecular weight excluding hydrogens is 416 g/mol. The summed E-state index contributed by atoms with van der Waals surface area (Å²) in [6, 6.07) is 7.36. The monoisotopic (exact) mass is 432 g/mol. The molecule has 26 heavy (non-hydrogen) atoms. The molecule has 0 unspecified atom stereocenters. The highest BCUT2D eigenvalue weighted by molar-refractivity contribution is 9.10. The normalized spacial score (nSPS) is 16.1. The fourth-order valence-corrected chi connectivity index (χ4v) is 4.22. The van der Waals surface area contributed by atoms with Crippen LogP contribution in [0, 0.1) is 0 Å². The first-order valence-corrected chi connectivity index (χ1v) is 10.2. The van der Waals surface area contributed by atoms with Crippen LogP contribution in [-0.2, 0) is 11.3 Å². The summed E-state index contributed by atoms with van der Waals surface area (Å²) in [4.78, 5) is 40.8. The smallest absolute Gasteiger partial charge is 0.261 e.